The van der Waals surface area contributed by atoms with Gasteiger partial charge in [-0.3, -0.25) is 9.59 Å². The van der Waals surface area contributed by atoms with Crippen molar-refractivity contribution < 1.29 is 14.3 Å². The number of amides is 2. The summed E-state index contributed by atoms with van der Waals surface area (Å²) in [6.07, 6.45) is 2.64. The van der Waals surface area contributed by atoms with Gasteiger partial charge in [-0.2, -0.15) is 0 Å². The van der Waals surface area contributed by atoms with Crippen LogP contribution in [-0.4, -0.2) is 47.2 Å². The van der Waals surface area contributed by atoms with Crippen LogP contribution in [0.25, 0.3) is 0 Å². The first-order chi connectivity index (χ1) is 11.0. The first-order valence-electron chi connectivity index (χ1n) is 7.56. The number of hydrogen-bond acceptors (Lipinski definition) is 4. The van der Waals surface area contributed by atoms with Gasteiger partial charge in [-0.25, -0.2) is 4.79 Å². The monoisotopic (exact) mass is 385 g/mol. The molecule has 7 nitrogen and oxygen atoms in total. The van der Waals surface area contributed by atoms with Gasteiger partial charge in [0.25, 0.3) is 5.56 Å². The molecular formula is C15H20BrN3O4. The number of pyridine rings is 1. The summed E-state index contributed by atoms with van der Waals surface area (Å²) >= 11 is 3.28. The molecule has 1 aliphatic heterocycles. The van der Waals surface area contributed by atoms with Gasteiger partial charge in [-0.15, -0.1) is 0 Å². The first-order valence-corrected chi connectivity index (χ1v) is 8.36. The van der Waals surface area contributed by atoms with E-state index in [1.54, 1.807) is 24.1 Å². The summed E-state index contributed by atoms with van der Waals surface area (Å²) in [5.41, 5.74) is -0.222. The van der Waals surface area contributed by atoms with Crippen LogP contribution in [0.3, 0.4) is 0 Å². The molecule has 0 bridgehead atoms. The summed E-state index contributed by atoms with van der Waals surface area (Å²) < 4.78 is 7.06. The van der Waals surface area contributed by atoms with Gasteiger partial charge in [0.15, 0.2) is 0 Å². The summed E-state index contributed by atoms with van der Waals surface area (Å²) in [5.74, 6) is -0.209. The molecule has 2 heterocycles. The molecule has 0 radical (unpaired) electrons. The number of nitrogens with one attached hydrogen (secondary N) is 1. The number of hydrogen-bond donors (Lipinski definition) is 1. The van der Waals surface area contributed by atoms with E-state index < -0.39 is 0 Å². The third kappa shape index (κ3) is 5.09. The zero-order valence-corrected chi connectivity index (χ0v) is 14.5. The topological polar surface area (TPSA) is 80.6 Å². The smallest absolute Gasteiger partial charge is 0.409 e. The summed E-state index contributed by atoms with van der Waals surface area (Å²) in [6, 6.07) is 3.06. The van der Waals surface area contributed by atoms with Gasteiger partial charge >= 0.3 is 6.09 Å². The number of carbonyl (C=O) groups is 2. The molecule has 0 aliphatic carbocycles. The maximum absolute atomic E-state index is 12.1. The normalized spacial score (nSPS) is 15.3. The fourth-order valence-corrected chi connectivity index (χ4v) is 2.85. The van der Waals surface area contributed by atoms with Crippen molar-refractivity contribution in [1.82, 2.24) is 14.8 Å². The molecule has 1 fully saturated rings. The minimum absolute atomic E-state index is 0.0102. The van der Waals surface area contributed by atoms with E-state index in [0.717, 1.165) is 4.47 Å². The van der Waals surface area contributed by atoms with Gasteiger partial charge in [-0.1, -0.05) is 0 Å². The second kappa shape index (κ2) is 8.14. The average Bonchev–Trinajstić information content (AvgIpc) is 2.52. The van der Waals surface area contributed by atoms with E-state index in [4.69, 9.17) is 4.74 Å². The van der Waals surface area contributed by atoms with Crippen molar-refractivity contribution >= 4 is 27.9 Å². The highest BCUT2D eigenvalue weighted by atomic mass is 79.9. The molecule has 2 amide bonds. The van der Waals surface area contributed by atoms with E-state index in [2.05, 4.69) is 21.2 Å². The number of halogens is 1. The molecule has 0 atom stereocenters. The van der Waals surface area contributed by atoms with Gasteiger partial charge in [0.2, 0.25) is 5.91 Å². The largest absolute Gasteiger partial charge is 0.450 e. The Morgan fingerprint density at radius 3 is 2.70 bits per heavy atom. The van der Waals surface area contributed by atoms with Crippen LogP contribution in [0.4, 0.5) is 4.79 Å². The van der Waals surface area contributed by atoms with Crippen LogP contribution >= 0.6 is 15.9 Å². The number of ether oxygens (including phenoxy) is 1. The Balaban J connectivity index is 1.82. The molecule has 1 aliphatic rings. The minimum atomic E-state index is -0.307. The predicted octanol–water partition coefficient (Wildman–Crippen LogP) is 1.35. The first kappa shape index (κ1) is 17.5. The molecule has 1 aromatic rings. The number of aromatic nitrogens is 1. The minimum Gasteiger partial charge on any atom is -0.450 e. The predicted molar refractivity (Wildman–Crippen MR) is 88.2 cm³/mol. The average molecular weight is 386 g/mol. The third-order valence-electron chi connectivity index (χ3n) is 3.65. The number of piperidine rings is 1. The number of rotatable bonds is 4. The highest BCUT2D eigenvalue weighted by Crippen LogP contribution is 2.11. The van der Waals surface area contributed by atoms with Crippen molar-refractivity contribution in [2.45, 2.75) is 32.4 Å². The van der Waals surface area contributed by atoms with Crippen LogP contribution in [0.1, 0.15) is 19.8 Å². The van der Waals surface area contributed by atoms with Crippen LogP contribution in [-0.2, 0) is 16.1 Å². The van der Waals surface area contributed by atoms with E-state index in [-0.39, 0.29) is 30.1 Å². The van der Waals surface area contributed by atoms with Crippen LogP contribution < -0.4 is 10.9 Å². The lowest BCUT2D eigenvalue weighted by atomic mass is 10.1. The van der Waals surface area contributed by atoms with Gasteiger partial charge < -0.3 is 19.5 Å². The van der Waals surface area contributed by atoms with E-state index in [1.165, 1.54) is 10.6 Å². The van der Waals surface area contributed by atoms with Crippen molar-refractivity contribution in [3.8, 4) is 0 Å². The number of nitrogens with zero attached hydrogens (tertiary/aromatic N) is 2. The molecule has 1 N–H and O–H groups in total. The lowest BCUT2D eigenvalue weighted by molar-refractivity contribution is -0.122. The second-order valence-electron chi connectivity index (χ2n) is 5.34. The van der Waals surface area contributed by atoms with Gasteiger partial charge in [0, 0.05) is 35.9 Å². The Hall–Kier alpha value is -1.83. The Morgan fingerprint density at radius 1 is 1.35 bits per heavy atom. The zero-order valence-electron chi connectivity index (χ0n) is 13.0. The highest BCUT2D eigenvalue weighted by molar-refractivity contribution is 9.10. The molecule has 0 saturated carbocycles. The molecular weight excluding hydrogens is 366 g/mol. The molecule has 0 unspecified atom stereocenters. The molecule has 126 valence electrons. The summed E-state index contributed by atoms with van der Waals surface area (Å²) in [5, 5.41) is 2.91. The maximum Gasteiger partial charge on any atom is 0.409 e. The summed E-state index contributed by atoms with van der Waals surface area (Å²) in [6.45, 7) is 3.23. The van der Waals surface area contributed by atoms with Crippen molar-refractivity contribution in [2.24, 2.45) is 0 Å². The lowest BCUT2D eigenvalue weighted by Crippen LogP contribution is -2.47. The number of likely N-dealkylation sites (tertiary alicyclic amines) is 1. The fourth-order valence-electron chi connectivity index (χ4n) is 2.47. The number of carbonyl (C=O) groups excluding carboxylic acids is 2. The highest BCUT2D eigenvalue weighted by Gasteiger charge is 2.24. The Bertz CT molecular complexity index is 623. The van der Waals surface area contributed by atoms with Crippen molar-refractivity contribution in [3.05, 3.63) is 33.2 Å². The van der Waals surface area contributed by atoms with Crippen molar-refractivity contribution in [2.75, 3.05) is 19.7 Å². The van der Waals surface area contributed by atoms with Gasteiger partial charge in [0.1, 0.15) is 6.54 Å². The SMILES string of the molecule is CCOC(=O)N1CCC(NC(=O)Cn2cc(Br)ccc2=O)CC1. The molecule has 2 rings (SSSR count). The molecule has 8 heteroatoms. The summed E-state index contributed by atoms with van der Waals surface area (Å²) in [7, 11) is 0. The van der Waals surface area contributed by atoms with Crippen LogP contribution in [0, 0.1) is 0 Å². The van der Waals surface area contributed by atoms with E-state index >= 15 is 0 Å². The van der Waals surface area contributed by atoms with Gasteiger partial charge in [0.05, 0.1) is 6.61 Å². The van der Waals surface area contributed by atoms with E-state index in [0.29, 0.717) is 32.5 Å². The molecule has 23 heavy (non-hydrogen) atoms. The van der Waals surface area contributed by atoms with E-state index in [1.807, 2.05) is 0 Å². The van der Waals surface area contributed by atoms with Crippen LogP contribution in [0.15, 0.2) is 27.6 Å². The maximum atomic E-state index is 12.1. The quantitative estimate of drug-likeness (QED) is 0.847. The van der Waals surface area contributed by atoms with Gasteiger partial charge in [-0.05, 0) is 41.8 Å². The Labute approximate surface area is 142 Å². The molecule has 1 aromatic heterocycles. The third-order valence-corrected chi connectivity index (χ3v) is 4.12. The van der Waals surface area contributed by atoms with Crippen LogP contribution in [0.2, 0.25) is 0 Å². The Kier molecular flexibility index (Phi) is 6.20. The second-order valence-corrected chi connectivity index (χ2v) is 6.26. The summed E-state index contributed by atoms with van der Waals surface area (Å²) in [4.78, 5) is 37.0. The standard InChI is InChI=1S/C15H20BrN3O4/c1-2-23-15(22)18-7-5-12(6-8-18)17-13(20)10-19-9-11(16)3-4-14(19)21/h3-4,9,12H,2,5-8,10H2,1H3,(H,17,20). The Morgan fingerprint density at radius 2 is 2.04 bits per heavy atom. The zero-order chi connectivity index (χ0) is 16.8. The lowest BCUT2D eigenvalue weighted by Gasteiger charge is -2.31. The van der Waals surface area contributed by atoms with Crippen molar-refractivity contribution in [1.29, 1.82) is 0 Å². The fraction of sp³-hybridized carbons (Fsp3) is 0.533. The van der Waals surface area contributed by atoms with Crippen LogP contribution in [0.5, 0.6) is 0 Å². The molecule has 0 spiro atoms. The molecule has 0 aromatic carbocycles. The van der Waals surface area contributed by atoms with E-state index in [9.17, 15) is 14.4 Å². The molecule has 1 saturated heterocycles. The van der Waals surface area contributed by atoms with Crippen molar-refractivity contribution in [3.63, 3.8) is 0 Å².